The van der Waals surface area contributed by atoms with Gasteiger partial charge in [0.2, 0.25) is 0 Å². The molecule has 2 aromatic carbocycles. The topological polar surface area (TPSA) is 32.3 Å². The molecule has 2 rings (SSSR count). The number of rotatable bonds is 2. The fraction of sp³-hybridized carbons (Fsp3) is 0. The molecule has 0 atom stereocenters. The van der Waals surface area contributed by atoms with Crippen molar-refractivity contribution in [1.82, 2.24) is 0 Å². The Morgan fingerprint density at radius 2 is 1.56 bits per heavy atom. The zero-order chi connectivity index (χ0) is 11.4. The van der Waals surface area contributed by atoms with Gasteiger partial charge >= 0.3 is 0 Å². The van der Waals surface area contributed by atoms with E-state index in [4.69, 9.17) is 6.42 Å². The molecule has 0 radical (unpaired) electrons. The van der Waals surface area contributed by atoms with E-state index in [9.17, 15) is 5.11 Å². The fourth-order valence-electron chi connectivity index (χ4n) is 1.44. The molecule has 0 spiro atoms. The third-order valence-electron chi connectivity index (χ3n) is 2.26. The minimum atomic E-state index is 0.203. The molecular weight excluding hydrogens is 198 g/mol. The number of hydrogen-bond donors (Lipinski definition) is 2. The van der Waals surface area contributed by atoms with E-state index in [1.165, 1.54) is 0 Å². The second-order valence-corrected chi connectivity index (χ2v) is 3.33. The summed E-state index contributed by atoms with van der Waals surface area (Å²) in [4.78, 5) is 0. The van der Waals surface area contributed by atoms with E-state index in [0.29, 0.717) is 5.69 Å². The molecule has 2 aromatic rings. The first-order valence-electron chi connectivity index (χ1n) is 4.92. The van der Waals surface area contributed by atoms with Crippen LogP contribution in [0.2, 0.25) is 0 Å². The molecule has 0 saturated carbocycles. The minimum Gasteiger partial charge on any atom is -0.506 e. The van der Waals surface area contributed by atoms with Crippen molar-refractivity contribution in [2.24, 2.45) is 0 Å². The first-order chi connectivity index (χ1) is 7.81. The number of phenols is 1. The van der Waals surface area contributed by atoms with Gasteiger partial charge in [-0.1, -0.05) is 30.2 Å². The predicted octanol–water partition coefficient (Wildman–Crippen LogP) is 3.12. The van der Waals surface area contributed by atoms with E-state index in [2.05, 4.69) is 11.2 Å². The maximum absolute atomic E-state index is 9.62. The maximum atomic E-state index is 9.62. The monoisotopic (exact) mass is 209 g/mol. The molecule has 2 nitrogen and oxygen atoms in total. The van der Waals surface area contributed by atoms with Gasteiger partial charge in [-0.3, -0.25) is 0 Å². The van der Waals surface area contributed by atoms with E-state index in [-0.39, 0.29) is 5.75 Å². The van der Waals surface area contributed by atoms with Crippen molar-refractivity contribution in [3.8, 4) is 18.1 Å². The SMILES string of the molecule is C#Cc1ccccc1Nc1ccccc1O. The first-order valence-corrected chi connectivity index (χ1v) is 4.92. The third-order valence-corrected chi connectivity index (χ3v) is 2.26. The van der Waals surface area contributed by atoms with E-state index in [0.717, 1.165) is 11.3 Å². The Hall–Kier alpha value is -2.40. The average molecular weight is 209 g/mol. The molecule has 0 unspecified atom stereocenters. The van der Waals surface area contributed by atoms with E-state index >= 15 is 0 Å². The molecule has 16 heavy (non-hydrogen) atoms. The Labute approximate surface area is 94.6 Å². The lowest BCUT2D eigenvalue weighted by atomic mass is 10.1. The second-order valence-electron chi connectivity index (χ2n) is 3.33. The van der Waals surface area contributed by atoms with Crippen molar-refractivity contribution in [3.63, 3.8) is 0 Å². The normalized spacial score (nSPS) is 9.44. The minimum absolute atomic E-state index is 0.203. The number of terminal acetylenes is 1. The quantitative estimate of drug-likeness (QED) is 0.588. The van der Waals surface area contributed by atoms with Crippen LogP contribution in [0.15, 0.2) is 48.5 Å². The molecule has 78 valence electrons. The van der Waals surface area contributed by atoms with Crippen LogP contribution in [0.1, 0.15) is 5.56 Å². The summed E-state index contributed by atoms with van der Waals surface area (Å²) in [5.41, 5.74) is 2.22. The molecule has 0 bridgehead atoms. The van der Waals surface area contributed by atoms with Gasteiger partial charge < -0.3 is 10.4 Å². The molecule has 2 heteroatoms. The van der Waals surface area contributed by atoms with Crippen LogP contribution in [0.4, 0.5) is 11.4 Å². The number of benzene rings is 2. The van der Waals surface area contributed by atoms with Crippen molar-refractivity contribution in [3.05, 3.63) is 54.1 Å². The molecule has 2 N–H and O–H groups in total. The summed E-state index contributed by atoms with van der Waals surface area (Å²) in [7, 11) is 0. The van der Waals surface area contributed by atoms with Crippen LogP contribution in [-0.4, -0.2) is 5.11 Å². The molecule has 0 aromatic heterocycles. The Kier molecular flexibility index (Phi) is 2.79. The van der Waals surface area contributed by atoms with Crippen LogP contribution < -0.4 is 5.32 Å². The first kappa shape index (κ1) is 10.1. The van der Waals surface area contributed by atoms with Crippen LogP contribution in [0.25, 0.3) is 0 Å². The number of hydrogen-bond acceptors (Lipinski definition) is 2. The van der Waals surface area contributed by atoms with Crippen molar-refractivity contribution >= 4 is 11.4 Å². The lowest BCUT2D eigenvalue weighted by Crippen LogP contribution is -1.93. The Bertz CT molecular complexity index is 540. The van der Waals surface area contributed by atoms with Crippen LogP contribution in [-0.2, 0) is 0 Å². The van der Waals surface area contributed by atoms with Crippen molar-refractivity contribution in [2.45, 2.75) is 0 Å². The van der Waals surface area contributed by atoms with Gasteiger partial charge in [0.25, 0.3) is 0 Å². The average Bonchev–Trinajstić information content (AvgIpc) is 2.33. The second kappa shape index (κ2) is 4.41. The van der Waals surface area contributed by atoms with Gasteiger partial charge in [0.15, 0.2) is 0 Å². The smallest absolute Gasteiger partial charge is 0.139 e. The number of phenolic OH excluding ortho intramolecular Hbond substituents is 1. The summed E-state index contributed by atoms with van der Waals surface area (Å²) in [5, 5.41) is 12.7. The molecule has 0 fully saturated rings. The number of anilines is 2. The highest BCUT2D eigenvalue weighted by atomic mass is 16.3. The van der Waals surface area contributed by atoms with E-state index < -0.39 is 0 Å². The number of para-hydroxylation sites is 3. The third kappa shape index (κ3) is 1.99. The predicted molar refractivity (Wildman–Crippen MR) is 65.8 cm³/mol. The zero-order valence-electron chi connectivity index (χ0n) is 8.64. The highest BCUT2D eigenvalue weighted by Gasteiger charge is 2.02. The summed E-state index contributed by atoms with van der Waals surface area (Å²) in [6, 6.07) is 14.5. The molecule has 0 aliphatic rings. The van der Waals surface area contributed by atoms with Gasteiger partial charge in [0, 0.05) is 5.56 Å². The van der Waals surface area contributed by atoms with Crippen LogP contribution in [0, 0.1) is 12.3 Å². The van der Waals surface area contributed by atoms with E-state index in [1.807, 2.05) is 30.3 Å². The van der Waals surface area contributed by atoms with Crippen molar-refractivity contribution in [2.75, 3.05) is 5.32 Å². The zero-order valence-corrected chi connectivity index (χ0v) is 8.64. The van der Waals surface area contributed by atoms with Gasteiger partial charge in [-0.25, -0.2) is 0 Å². The number of nitrogens with one attached hydrogen (secondary N) is 1. The Morgan fingerprint density at radius 3 is 2.25 bits per heavy atom. The van der Waals surface area contributed by atoms with Crippen LogP contribution >= 0.6 is 0 Å². The molecule has 0 amide bonds. The Balaban J connectivity index is 2.35. The summed E-state index contributed by atoms with van der Waals surface area (Å²) in [6.07, 6.45) is 5.39. The summed E-state index contributed by atoms with van der Waals surface area (Å²) >= 11 is 0. The lowest BCUT2D eigenvalue weighted by molar-refractivity contribution is 0.478. The van der Waals surface area contributed by atoms with E-state index in [1.54, 1.807) is 18.2 Å². The van der Waals surface area contributed by atoms with Gasteiger partial charge in [0.05, 0.1) is 11.4 Å². The number of aromatic hydroxyl groups is 1. The van der Waals surface area contributed by atoms with Gasteiger partial charge in [-0.05, 0) is 24.3 Å². The van der Waals surface area contributed by atoms with Gasteiger partial charge in [0.1, 0.15) is 5.75 Å². The van der Waals surface area contributed by atoms with Crippen LogP contribution in [0.5, 0.6) is 5.75 Å². The summed E-state index contributed by atoms with van der Waals surface area (Å²) in [5.74, 6) is 2.79. The largest absolute Gasteiger partial charge is 0.506 e. The van der Waals surface area contributed by atoms with Crippen molar-refractivity contribution in [1.29, 1.82) is 0 Å². The highest BCUT2D eigenvalue weighted by molar-refractivity contribution is 5.70. The summed E-state index contributed by atoms with van der Waals surface area (Å²) < 4.78 is 0. The molecular formula is C14H11NO. The molecule has 0 heterocycles. The standard InChI is InChI=1S/C14H11NO/c1-2-11-7-3-4-8-12(11)15-13-9-5-6-10-14(13)16/h1,3-10,15-16H. The fourth-order valence-corrected chi connectivity index (χ4v) is 1.44. The molecule has 0 aliphatic heterocycles. The lowest BCUT2D eigenvalue weighted by Gasteiger charge is -2.09. The highest BCUT2D eigenvalue weighted by Crippen LogP contribution is 2.27. The maximum Gasteiger partial charge on any atom is 0.139 e. The van der Waals surface area contributed by atoms with Gasteiger partial charge in [-0.2, -0.15) is 0 Å². The van der Waals surface area contributed by atoms with Crippen LogP contribution in [0.3, 0.4) is 0 Å². The molecule has 0 saturated heterocycles. The van der Waals surface area contributed by atoms with Gasteiger partial charge in [-0.15, -0.1) is 6.42 Å². The van der Waals surface area contributed by atoms with Crippen molar-refractivity contribution < 1.29 is 5.11 Å². The summed E-state index contributed by atoms with van der Waals surface area (Å²) in [6.45, 7) is 0. The Morgan fingerprint density at radius 1 is 0.938 bits per heavy atom. The molecule has 0 aliphatic carbocycles.